The molecule has 1 heterocycles. The number of unbranched alkanes of at least 4 members (excludes halogenated alkanes) is 3. The predicted molar refractivity (Wildman–Crippen MR) is 78.1 cm³/mol. The van der Waals surface area contributed by atoms with Gasteiger partial charge in [0.15, 0.2) is 0 Å². The van der Waals surface area contributed by atoms with Gasteiger partial charge in [-0.1, -0.05) is 26.2 Å². The number of hydrogen-bond acceptors (Lipinski definition) is 3. The summed E-state index contributed by atoms with van der Waals surface area (Å²) in [6.07, 6.45) is 8.30. The van der Waals surface area contributed by atoms with Gasteiger partial charge in [-0.05, 0) is 44.8 Å². The molecule has 1 atom stereocenters. The van der Waals surface area contributed by atoms with Gasteiger partial charge < -0.3 is 15.0 Å². The first-order chi connectivity index (χ1) is 8.86. The molecule has 0 aromatic heterocycles. The molecular formula is C15H32N2O. The number of ether oxygens (including phenoxy) is 1. The number of likely N-dealkylation sites (tertiary alicyclic amines) is 1. The van der Waals surface area contributed by atoms with Crippen LogP contribution in [-0.4, -0.2) is 51.3 Å². The van der Waals surface area contributed by atoms with E-state index in [0.29, 0.717) is 0 Å². The van der Waals surface area contributed by atoms with E-state index in [-0.39, 0.29) is 0 Å². The van der Waals surface area contributed by atoms with E-state index in [0.717, 1.165) is 25.6 Å². The third-order valence-electron chi connectivity index (χ3n) is 3.85. The van der Waals surface area contributed by atoms with Crippen LogP contribution < -0.4 is 5.32 Å². The third kappa shape index (κ3) is 7.34. The smallest absolute Gasteiger partial charge is 0.0587 e. The molecule has 3 nitrogen and oxygen atoms in total. The summed E-state index contributed by atoms with van der Waals surface area (Å²) in [5.74, 6) is 0.849. The van der Waals surface area contributed by atoms with Gasteiger partial charge in [-0.25, -0.2) is 0 Å². The molecule has 0 aliphatic carbocycles. The Morgan fingerprint density at radius 3 is 2.94 bits per heavy atom. The first-order valence-electron chi connectivity index (χ1n) is 7.78. The molecule has 1 saturated heterocycles. The largest absolute Gasteiger partial charge is 0.383 e. The van der Waals surface area contributed by atoms with Crippen LogP contribution in [0.3, 0.4) is 0 Å². The van der Waals surface area contributed by atoms with Gasteiger partial charge in [0.2, 0.25) is 0 Å². The van der Waals surface area contributed by atoms with Crippen LogP contribution in [0.1, 0.15) is 45.4 Å². The second-order valence-corrected chi connectivity index (χ2v) is 5.57. The molecule has 0 bridgehead atoms. The van der Waals surface area contributed by atoms with E-state index in [9.17, 15) is 0 Å². The second-order valence-electron chi connectivity index (χ2n) is 5.57. The van der Waals surface area contributed by atoms with Gasteiger partial charge in [-0.3, -0.25) is 0 Å². The Morgan fingerprint density at radius 2 is 2.17 bits per heavy atom. The number of nitrogens with zero attached hydrogens (tertiary/aromatic N) is 1. The fourth-order valence-corrected chi connectivity index (χ4v) is 2.76. The van der Waals surface area contributed by atoms with Crippen LogP contribution in [0, 0.1) is 5.92 Å². The Kier molecular flexibility index (Phi) is 9.54. The van der Waals surface area contributed by atoms with Gasteiger partial charge in [0.25, 0.3) is 0 Å². The van der Waals surface area contributed by atoms with Crippen LogP contribution in [0.4, 0.5) is 0 Å². The highest BCUT2D eigenvalue weighted by Gasteiger charge is 2.18. The van der Waals surface area contributed by atoms with Crippen molar-refractivity contribution in [3.8, 4) is 0 Å². The summed E-state index contributed by atoms with van der Waals surface area (Å²) in [4.78, 5) is 2.67. The standard InChI is InChI=1S/C15H32N2O/c1-3-4-5-6-10-17-11-7-8-15(14-17)13-16-9-12-18-2/h15-16H,3-14H2,1-2H3. The highest BCUT2D eigenvalue weighted by atomic mass is 16.5. The lowest BCUT2D eigenvalue weighted by Crippen LogP contribution is -2.40. The molecular weight excluding hydrogens is 224 g/mol. The second kappa shape index (κ2) is 10.8. The average Bonchev–Trinajstić information content (AvgIpc) is 2.40. The summed E-state index contributed by atoms with van der Waals surface area (Å²) >= 11 is 0. The van der Waals surface area contributed by atoms with Crippen molar-refractivity contribution in [2.24, 2.45) is 5.92 Å². The molecule has 1 aliphatic rings. The molecule has 0 saturated carbocycles. The Morgan fingerprint density at radius 1 is 1.28 bits per heavy atom. The van der Waals surface area contributed by atoms with Crippen molar-refractivity contribution in [3.63, 3.8) is 0 Å². The predicted octanol–water partition coefficient (Wildman–Crippen LogP) is 2.51. The van der Waals surface area contributed by atoms with Crippen molar-refractivity contribution < 1.29 is 4.74 Å². The van der Waals surface area contributed by atoms with Gasteiger partial charge in [-0.15, -0.1) is 0 Å². The van der Waals surface area contributed by atoms with Crippen molar-refractivity contribution in [1.29, 1.82) is 0 Å². The summed E-state index contributed by atoms with van der Waals surface area (Å²) < 4.78 is 5.06. The molecule has 1 fully saturated rings. The normalized spacial score (nSPS) is 21.3. The van der Waals surface area contributed by atoms with Crippen LogP contribution in [0.25, 0.3) is 0 Å². The maximum Gasteiger partial charge on any atom is 0.0587 e. The van der Waals surface area contributed by atoms with E-state index in [1.807, 2.05) is 0 Å². The first-order valence-corrected chi connectivity index (χ1v) is 7.78. The fraction of sp³-hybridized carbons (Fsp3) is 1.00. The lowest BCUT2D eigenvalue weighted by atomic mass is 9.97. The highest BCUT2D eigenvalue weighted by molar-refractivity contribution is 4.74. The lowest BCUT2D eigenvalue weighted by molar-refractivity contribution is 0.162. The molecule has 0 aromatic carbocycles. The van der Waals surface area contributed by atoms with E-state index in [1.54, 1.807) is 7.11 Å². The molecule has 1 rings (SSSR count). The topological polar surface area (TPSA) is 24.5 Å². The molecule has 1 aliphatic heterocycles. The van der Waals surface area contributed by atoms with Crippen LogP contribution in [-0.2, 0) is 4.74 Å². The minimum Gasteiger partial charge on any atom is -0.383 e. The van der Waals surface area contributed by atoms with Crippen LogP contribution in [0.2, 0.25) is 0 Å². The van der Waals surface area contributed by atoms with Crippen molar-refractivity contribution in [3.05, 3.63) is 0 Å². The Bertz CT molecular complexity index is 169. The van der Waals surface area contributed by atoms with Crippen LogP contribution in [0.5, 0.6) is 0 Å². The maximum atomic E-state index is 5.06. The summed E-state index contributed by atoms with van der Waals surface area (Å²) in [5, 5.41) is 3.50. The molecule has 0 spiro atoms. The van der Waals surface area contributed by atoms with Crippen molar-refractivity contribution in [2.75, 3.05) is 46.4 Å². The molecule has 1 N–H and O–H groups in total. The quantitative estimate of drug-likeness (QED) is 0.608. The van der Waals surface area contributed by atoms with Gasteiger partial charge in [-0.2, -0.15) is 0 Å². The van der Waals surface area contributed by atoms with E-state index in [1.165, 1.54) is 58.2 Å². The number of rotatable bonds is 10. The summed E-state index contributed by atoms with van der Waals surface area (Å²) in [5.41, 5.74) is 0. The fourth-order valence-electron chi connectivity index (χ4n) is 2.76. The monoisotopic (exact) mass is 256 g/mol. The van der Waals surface area contributed by atoms with E-state index in [4.69, 9.17) is 4.74 Å². The zero-order valence-electron chi connectivity index (χ0n) is 12.4. The van der Waals surface area contributed by atoms with Gasteiger partial charge in [0.1, 0.15) is 0 Å². The van der Waals surface area contributed by atoms with E-state index in [2.05, 4.69) is 17.1 Å². The van der Waals surface area contributed by atoms with Crippen LogP contribution >= 0.6 is 0 Å². The molecule has 0 amide bonds. The van der Waals surface area contributed by atoms with Crippen LogP contribution in [0.15, 0.2) is 0 Å². The van der Waals surface area contributed by atoms with Crippen molar-refractivity contribution >= 4 is 0 Å². The van der Waals surface area contributed by atoms with Crippen molar-refractivity contribution in [2.45, 2.75) is 45.4 Å². The number of methoxy groups -OCH3 is 1. The summed E-state index contributed by atoms with van der Waals surface area (Å²) in [6.45, 7) is 9.19. The first kappa shape index (κ1) is 15.9. The number of hydrogen-bond donors (Lipinski definition) is 1. The average molecular weight is 256 g/mol. The van der Waals surface area contributed by atoms with Crippen molar-refractivity contribution in [1.82, 2.24) is 10.2 Å². The third-order valence-corrected chi connectivity index (χ3v) is 3.85. The zero-order chi connectivity index (χ0) is 13.1. The molecule has 108 valence electrons. The summed E-state index contributed by atoms with van der Waals surface area (Å²) in [6, 6.07) is 0. The SMILES string of the molecule is CCCCCCN1CCCC(CNCCOC)C1. The summed E-state index contributed by atoms with van der Waals surface area (Å²) in [7, 11) is 1.76. The number of nitrogens with one attached hydrogen (secondary N) is 1. The molecule has 3 heteroatoms. The van der Waals surface area contributed by atoms with Gasteiger partial charge in [0, 0.05) is 20.2 Å². The maximum absolute atomic E-state index is 5.06. The molecule has 0 radical (unpaired) electrons. The zero-order valence-corrected chi connectivity index (χ0v) is 12.4. The Balaban J connectivity index is 2.04. The highest BCUT2D eigenvalue weighted by Crippen LogP contribution is 2.16. The molecule has 0 aromatic rings. The van der Waals surface area contributed by atoms with E-state index < -0.39 is 0 Å². The number of piperidine rings is 1. The minimum absolute atomic E-state index is 0.827. The lowest BCUT2D eigenvalue weighted by Gasteiger charge is -2.32. The molecule has 1 unspecified atom stereocenters. The van der Waals surface area contributed by atoms with Gasteiger partial charge in [0.05, 0.1) is 6.61 Å². The Hall–Kier alpha value is -0.120. The molecule has 18 heavy (non-hydrogen) atoms. The minimum atomic E-state index is 0.827. The Labute approximate surface area is 113 Å². The van der Waals surface area contributed by atoms with E-state index >= 15 is 0 Å². The van der Waals surface area contributed by atoms with Gasteiger partial charge >= 0.3 is 0 Å².